The highest BCUT2D eigenvalue weighted by atomic mass is 35.5. The average molecular weight is 486 g/mol. The van der Waals surface area contributed by atoms with Gasteiger partial charge in [-0.25, -0.2) is 14.4 Å². The molecule has 0 fully saturated rings. The topological polar surface area (TPSA) is 131 Å². The van der Waals surface area contributed by atoms with Crippen molar-refractivity contribution < 1.29 is 23.6 Å². The molecule has 0 bridgehead atoms. The minimum Gasteiger partial charge on any atom is -0.481 e. The lowest BCUT2D eigenvalue weighted by molar-refractivity contribution is -0.385. The van der Waals surface area contributed by atoms with Crippen molar-refractivity contribution in [2.45, 2.75) is 20.0 Å². The second-order valence-corrected chi connectivity index (χ2v) is 7.20. The number of halogens is 2. The molecular weight excluding hydrogens is 469 g/mol. The summed E-state index contributed by atoms with van der Waals surface area (Å²) in [7, 11) is 0. The van der Waals surface area contributed by atoms with Crippen LogP contribution in [0.1, 0.15) is 19.5 Å². The molecule has 0 N–H and O–H groups in total. The standard InChI is InChI=1S/C22H17ClFN5O5/c1-3-28(20-9-8-19(29(31)32)18(11-25)27-20)22(30)13(2)33-15-4-6-16(7-5-15)34-21-17(24)10-14(23)12-26-21/h4-10,12-13H,3H2,1-2H3. The highest BCUT2D eigenvalue weighted by Crippen LogP contribution is 2.27. The van der Waals surface area contributed by atoms with Crippen molar-refractivity contribution in [1.82, 2.24) is 9.97 Å². The zero-order valence-corrected chi connectivity index (χ0v) is 18.7. The van der Waals surface area contributed by atoms with Crippen LogP contribution in [0.15, 0.2) is 48.7 Å². The molecule has 174 valence electrons. The summed E-state index contributed by atoms with van der Waals surface area (Å²) in [5, 5.41) is 20.3. The first-order valence-electron chi connectivity index (χ1n) is 9.86. The molecule has 0 saturated heterocycles. The summed E-state index contributed by atoms with van der Waals surface area (Å²) >= 11 is 5.67. The Balaban J connectivity index is 1.70. The number of pyridine rings is 2. The van der Waals surface area contributed by atoms with Gasteiger partial charge in [0.15, 0.2) is 11.9 Å². The van der Waals surface area contributed by atoms with E-state index in [-0.39, 0.29) is 29.0 Å². The van der Waals surface area contributed by atoms with E-state index in [2.05, 4.69) is 9.97 Å². The summed E-state index contributed by atoms with van der Waals surface area (Å²) in [4.78, 5) is 32.2. The van der Waals surface area contributed by atoms with E-state index >= 15 is 0 Å². The van der Waals surface area contributed by atoms with Crippen LogP contribution in [0, 0.1) is 27.3 Å². The summed E-state index contributed by atoms with van der Waals surface area (Å²) in [5.41, 5.74) is -0.848. The quantitative estimate of drug-likeness (QED) is 0.332. The third-order valence-electron chi connectivity index (χ3n) is 4.49. The molecule has 12 heteroatoms. The first-order chi connectivity index (χ1) is 16.2. The van der Waals surface area contributed by atoms with Crippen LogP contribution in [0.2, 0.25) is 5.02 Å². The predicted molar refractivity (Wildman–Crippen MR) is 119 cm³/mol. The molecule has 2 aromatic heterocycles. The van der Waals surface area contributed by atoms with E-state index in [0.717, 1.165) is 12.1 Å². The number of benzene rings is 1. The molecular formula is C22H17ClFN5O5. The molecule has 0 radical (unpaired) electrons. The number of ether oxygens (including phenoxy) is 2. The van der Waals surface area contributed by atoms with E-state index < -0.39 is 34.1 Å². The summed E-state index contributed by atoms with van der Waals surface area (Å²) in [6.07, 6.45) is 0.300. The van der Waals surface area contributed by atoms with Crippen molar-refractivity contribution in [3.05, 3.63) is 75.3 Å². The summed E-state index contributed by atoms with van der Waals surface area (Å²) in [6, 6.07) is 11.2. The van der Waals surface area contributed by atoms with E-state index in [1.807, 2.05) is 0 Å². The molecule has 0 spiro atoms. The van der Waals surface area contributed by atoms with Crippen molar-refractivity contribution in [3.8, 4) is 23.4 Å². The lowest BCUT2D eigenvalue weighted by atomic mass is 10.2. The normalized spacial score (nSPS) is 11.3. The predicted octanol–water partition coefficient (Wildman–Crippen LogP) is 4.66. The molecule has 0 aliphatic carbocycles. The van der Waals surface area contributed by atoms with Crippen LogP contribution in [-0.4, -0.2) is 33.4 Å². The zero-order chi connectivity index (χ0) is 24.8. The fraction of sp³-hybridized carbons (Fsp3) is 0.182. The van der Waals surface area contributed by atoms with Gasteiger partial charge in [0.2, 0.25) is 5.69 Å². The van der Waals surface area contributed by atoms with Crippen molar-refractivity contribution in [1.29, 1.82) is 5.26 Å². The lowest BCUT2D eigenvalue weighted by Crippen LogP contribution is -2.41. The van der Waals surface area contributed by atoms with Crippen LogP contribution in [0.4, 0.5) is 15.9 Å². The molecule has 10 nitrogen and oxygen atoms in total. The third kappa shape index (κ3) is 5.54. The monoisotopic (exact) mass is 485 g/mol. The van der Waals surface area contributed by atoms with Gasteiger partial charge in [-0.1, -0.05) is 11.6 Å². The van der Waals surface area contributed by atoms with Crippen LogP contribution in [0.25, 0.3) is 0 Å². The zero-order valence-electron chi connectivity index (χ0n) is 17.9. The van der Waals surface area contributed by atoms with E-state index in [4.69, 9.17) is 26.3 Å². The Hall–Kier alpha value is -4.30. The van der Waals surface area contributed by atoms with Gasteiger partial charge >= 0.3 is 5.69 Å². The fourth-order valence-electron chi connectivity index (χ4n) is 2.90. The Morgan fingerprint density at radius 2 is 1.97 bits per heavy atom. The lowest BCUT2D eigenvalue weighted by Gasteiger charge is -2.24. The molecule has 0 saturated carbocycles. The second-order valence-electron chi connectivity index (χ2n) is 6.76. The van der Waals surface area contributed by atoms with Crippen LogP contribution in [0.3, 0.4) is 0 Å². The number of anilines is 1. The Bertz CT molecular complexity index is 1270. The smallest absolute Gasteiger partial charge is 0.305 e. The van der Waals surface area contributed by atoms with Crippen molar-refractivity contribution >= 4 is 29.0 Å². The Kier molecular flexibility index (Phi) is 7.55. The molecule has 3 rings (SSSR count). The number of hydrogen-bond acceptors (Lipinski definition) is 8. The van der Waals surface area contributed by atoms with E-state index in [1.54, 1.807) is 13.0 Å². The SMILES string of the molecule is CCN(C(=O)C(C)Oc1ccc(Oc2ncc(Cl)cc2F)cc1)c1ccc([N+](=O)[O-])c(C#N)n1. The Morgan fingerprint density at radius 1 is 1.29 bits per heavy atom. The van der Waals surface area contributed by atoms with Gasteiger partial charge in [0.25, 0.3) is 11.8 Å². The van der Waals surface area contributed by atoms with Gasteiger partial charge in [0.05, 0.1) is 9.95 Å². The maximum Gasteiger partial charge on any atom is 0.305 e. The second kappa shape index (κ2) is 10.5. The number of amides is 1. The molecule has 1 amide bonds. The summed E-state index contributed by atoms with van der Waals surface area (Å²) in [5.74, 6) is -0.719. The van der Waals surface area contributed by atoms with Crippen LogP contribution >= 0.6 is 11.6 Å². The number of aromatic nitrogens is 2. The van der Waals surface area contributed by atoms with E-state index in [1.165, 1.54) is 48.4 Å². The maximum absolute atomic E-state index is 13.8. The highest BCUT2D eigenvalue weighted by molar-refractivity contribution is 6.30. The number of hydrogen-bond donors (Lipinski definition) is 0. The first-order valence-corrected chi connectivity index (χ1v) is 10.2. The number of likely N-dealkylation sites (N-methyl/N-ethyl adjacent to an activating group) is 1. The Labute approximate surface area is 198 Å². The molecule has 0 aliphatic heterocycles. The van der Waals surface area contributed by atoms with Gasteiger partial charge in [-0.2, -0.15) is 5.26 Å². The van der Waals surface area contributed by atoms with Crippen molar-refractivity contribution in [2.24, 2.45) is 0 Å². The number of carbonyl (C=O) groups excluding carboxylic acids is 1. The molecule has 1 atom stereocenters. The number of rotatable bonds is 8. The largest absolute Gasteiger partial charge is 0.481 e. The third-order valence-corrected chi connectivity index (χ3v) is 4.70. The van der Waals surface area contributed by atoms with Gasteiger partial charge < -0.3 is 9.47 Å². The van der Waals surface area contributed by atoms with Gasteiger partial charge in [0, 0.05) is 18.8 Å². The van der Waals surface area contributed by atoms with E-state index in [0.29, 0.717) is 5.75 Å². The minimum absolute atomic E-state index is 0.0892. The van der Waals surface area contributed by atoms with Crippen molar-refractivity contribution in [2.75, 3.05) is 11.4 Å². The van der Waals surface area contributed by atoms with Crippen LogP contribution < -0.4 is 14.4 Å². The fourth-order valence-corrected chi connectivity index (χ4v) is 3.05. The van der Waals surface area contributed by atoms with Crippen molar-refractivity contribution in [3.63, 3.8) is 0 Å². The Morgan fingerprint density at radius 3 is 2.56 bits per heavy atom. The van der Waals surface area contributed by atoms with Crippen LogP contribution in [-0.2, 0) is 4.79 Å². The van der Waals surface area contributed by atoms with E-state index in [9.17, 15) is 19.3 Å². The molecule has 0 aliphatic rings. The number of nitrogens with zero attached hydrogens (tertiary/aromatic N) is 5. The molecule has 34 heavy (non-hydrogen) atoms. The molecule has 2 heterocycles. The number of nitriles is 1. The molecule has 1 unspecified atom stereocenters. The minimum atomic E-state index is -0.954. The van der Waals surface area contributed by atoms with Gasteiger partial charge in [-0.3, -0.25) is 19.8 Å². The molecule has 1 aromatic carbocycles. The van der Waals surface area contributed by atoms with Gasteiger partial charge in [-0.05, 0) is 50.2 Å². The number of carbonyl (C=O) groups is 1. The van der Waals surface area contributed by atoms with Crippen LogP contribution in [0.5, 0.6) is 17.4 Å². The number of nitro groups is 1. The van der Waals surface area contributed by atoms with Gasteiger partial charge in [-0.15, -0.1) is 0 Å². The highest BCUT2D eigenvalue weighted by Gasteiger charge is 2.25. The first kappa shape index (κ1) is 24.3. The maximum atomic E-state index is 13.8. The summed E-state index contributed by atoms with van der Waals surface area (Å²) < 4.78 is 24.9. The van der Waals surface area contributed by atoms with Gasteiger partial charge in [0.1, 0.15) is 23.4 Å². The molecule has 3 aromatic rings. The summed E-state index contributed by atoms with van der Waals surface area (Å²) in [6.45, 7) is 3.41. The average Bonchev–Trinajstić information content (AvgIpc) is 2.82.